The Bertz CT molecular complexity index is 625. The SMILES string of the molecule is Cc1cc(N2CCCC2CNC(C)(C)C)n2ncnc2c1. The molecule has 5 nitrogen and oxygen atoms in total. The summed E-state index contributed by atoms with van der Waals surface area (Å²) in [5.41, 5.74) is 2.32. The van der Waals surface area contributed by atoms with Gasteiger partial charge in [-0.25, -0.2) is 4.98 Å². The Kier molecular flexibility index (Phi) is 3.61. The molecule has 0 amide bonds. The fourth-order valence-electron chi connectivity index (χ4n) is 3.01. The summed E-state index contributed by atoms with van der Waals surface area (Å²) >= 11 is 0. The van der Waals surface area contributed by atoms with E-state index in [4.69, 9.17) is 0 Å². The monoisotopic (exact) mass is 287 g/mol. The van der Waals surface area contributed by atoms with Crippen LogP contribution in [0.25, 0.3) is 5.65 Å². The Hall–Kier alpha value is -1.62. The highest BCUT2D eigenvalue weighted by Gasteiger charge is 2.27. The summed E-state index contributed by atoms with van der Waals surface area (Å²) in [5.74, 6) is 1.17. The van der Waals surface area contributed by atoms with Gasteiger partial charge in [0.2, 0.25) is 0 Å². The van der Waals surface area contributed by atoms with Gasteiger partial charge in [0.15, 0.2) is 5.65 Å². The molecule has 1 unspecified atom stereocenters. The number of hydrogen-bond acceptors (Lipinski definition) is 4. The van der Waals surface area contributed by atoms with E-state index in [1.54, 1.807) is 6.33 Å². The Labute approximate surface area is 126 Å². The molecule has 21 heavy (non-hydrogen) atoms. The number of anilines is 1. The summed E-state index contributed by atoms with van der Waals surface area (Å²) in [4.78, 5) is 6.81. The van der Waals surface area contributed by atoms with Gasteiger partial charge < -0.3 is 10.2 Å². The number of pyridine rings is 1. The number of aryl methyl sites for hydroxylation is 1. The first kappa shape index (κ1) is 14.3. The van der Waals surface area contributed by atoms with Gasteiger partial charge in [0, 0.05) is 24.7 Å². The number of nitrogens with zero attached hydrogens (tertiary/aromatic N) is 4. The maximum Gasteiger partial charge on any atom is 0.157 e. The van der Waals surface area contributed by atoms with Gasteiger partial charge in [0.05, 0.1) is 0 Å². The van der Waals surface area contributed by atoms with E-state index in [1.807, 2.05) is 4.52 Å². The normalized spacial score (nSPS) is 19.6. The van der Waals surface area contributed by atoms with Gasteiger partial charge in [0.1, 0.15) is 12.1 Å². The van der Waals surface area contributed by atoms with Gasteiger partial charge in [-0.1, -0.05) is 0 Å². The molecule has 0 spiro atoms. The zero-order chi connectivity index (χ0) is 15.0. The number of rotatable bonds is 3. The van der Waals surface area contributed by atoms with Gasteiger partial charge in [-0.2, -0.15) is 9.61 Å². The third-order valence-corrected chi connectivity index (χ3v) is 4.04. The van der Waals surface area contributed by atoms with E-state index in [2.05, 4.69) is 60.1 Å². The molecule has 1 saturated heterocycles. The largest absolute Gasteiger partial charge is 0.352 e. The number of fused-ring (bicyclic) bond motifs is 1. The standard InChI is InChI=1S/C16H25N5/c1-12-8-14-17-11-19-21(14)15(9-12)20-7-5-6-13(20)10-18-16(2,3)4/h8-9,11,13,18H,5-7,10H2,1-4H3. The van der Waals surface area contributed by atoms with Crippen molar-refractivity contribution in [1.29, 1.82) is 0 Å². The van der Waals surface area contributed by atoms with Crippen LogP contribution in [-0.2, 0) is 0 Å². The molecule has 3 heterocycles. The number of nitrogens with one attached hydrogen (secondary N) is 1. The van der Waals surface area contributed by atoms with Crippen molar-refractivity contribution in [2.45, 2.75) is 52.1 Å². The molecular weight excluding hydrogens is 262 g/mol. The summed E-state index contributed by atoms with van der Waals surface area (Å²) in [6.45, 7) is 10.9. The summed E-state index contributed by atoms with van der Waals surface area (Å²) in [6, 6.07) is 4.82. The smallest absolute Gasteiger partial charge is 0.157 e. The zero-order valence-electron chi connectivity index (χ0n) is 13.4. The van der Waals surface area contributed by atoms with Crippen molar-refractivity contribution in [3.05, 3.63) is 24.0 Å². The average molecular weight is 287 g/mol. The van der Waals surface area contributed by atoms with Crippen molar-refractivity contribution >= 4 is 11.5 Å². The second-order valence-corrected chi connectivity index (χ2v) is 7.04. The topological polar surface area (TPSA) is 45.5 Å². The number of aromatic nitrogens is 3. The fourth-order valence-corrected chi connectivity index (χ4v) is 3.01. The molecule has 1 aliphatic rings. The molecule has 0 radical (unpaired) electrons. The molecular formula is C16H25N5. The highest BCUT2D eigenvalue weighted by atomic mass is 15.4. The lowest BCUT2D eigenvalue weighted by Crippen LogP contribution is -2.45. The van der Waals surface area contributed by atoms with Gasteiger partial charge in [-0.05, 0) is 58.2 Å². The third kappa shape index (κ3) is 3.02. The van der Waals surface area contributed by atoms with Crippen molar-refractivity contribution in [2.75, 3.05) is 18.0 Å². The van der Waals surface area contributed by atoms with Crippen LogP contribution in [0.5, 0.6) is 0 Å². The minimum absolute atomic E-state index is 0.156. The molecule has 0 bridgehead atoms. The van der Waals surface area contributed by atoms with Crippen molar-refractivity contribution < 1.29 is 0 Å². The van der Waals surface area contributed by atoms with E-state index in [-0.39, 0.29) is 5.54 Å². The molecule has 3 rings (SSSR count). The molecule has 2 aromatic heterocycles. The molecule has 1 fully saturated rings. The van der Waals surface area contributed by atoms with Gasteiger partial charge >= 0.3 is 0 Å². The minimum Gasteiger partial charge on any atom is -0.352 e. The predicted octanol–water partition coefficient (Wildman–Crippen LogP) is 2.39. The second kappa shape index (κ2) is 5.30. The van der Waals surface area contributed by atoms with Crippen LogP contribution in [0.2, 0.25) is 0 Å². The summed E-state index contributed by atoms with van der Waals surface area (Å²) in [7, 11) is 0. The van der Waals surface area contributed by atoms with Crippen LogP contribution in [0.15, 0.2) is 18.5 Å². The molecule has 0 saturated carbocycles. The zero-order valence-corrected chi connectivity index (χ0v) is 13.4. The number of hydrogen-bond donors (Lipinski definition) is 1. The third-order valence-electron chi connectivity index (χ3n) is 4.04. The predicted molar refractivity (Wildman–Crippen MR) is 85.8 cm³/mol. The highest BCUT2D eigenvalue weighted by Crippen LogP contribution is 2.26. The van der Waals surface area contributed by atoms with Crippen LogP contribution in [-0.4, -0.2) is 39.3 Å². The lowest BCUT2D eigenvalue weighted by molar-refractivity contribution is 0.404. The molecule has 1 atom stereocenters. The first-order valence-electron chi connectivity index (χ1n) is 7.76. The molecule has 1 aliphatic heterocycles. The van der Waals surface area contributed by atoms with Crippen molar-refractivity contribution in [3.8, 4) is 0 Å². The van der Waals surface area contributed by atoms with E-state index in [1.165, 1.54) is 24.2 Å². The maximum absolute atomic E-state index is 4.39. The van der Waals surface area contributed by atoms with Crippen LogP contribution >= 0.6 is 0 Å². The lowest BCUT2D eigenvalue weighted by atomic mass is 10.1. The van der Waals surface area contributed by atoms with Crippen molar-refractivity contribution in [3.63, 3.8) is 0 Å². The van der Waals surface area contributed by atoms with E-state index in [9.17, 15) is 0 Å². The van der Waals surface area contributed by atoms with E-state index >= 15 is 0 Å². The van der Waals surface area contributed by atoms with Crippen molar-refractivity contribution in [2.24, 2.45) is 0 Å². The molecule has 0 aliphatic carbocycles. The quantitative estimate of drug-likeness (QED) is 0.941. The Morgan fingerprint density at radius 1 is 1.33 bits per heavy atom. The minimum atomic E-state index is 0.156. The molecule has 1 N–H and O–H groups in total. The van der Waals surface area contributed by atoms with Crippen LogP contribution in [0.4, 0.5) is 5.82 Å². The molecule has 2 aromatic rings. The van der Waals surface area contributed by atoms with Crippen LogP contribution in [0, 0.1) is 6.92 Å². The van der Waals surface area contributed by atoms with Crippen LogP contribution in [0.1, 0.15) is 39.2 Å². The van der Waals surface area contributed by atoms with Crippen molar-refractivity contribution in [1.82, 2.24) is 19.9 Å². The average Bonchev–Trinajstić information content (AvgIpc) is 3.02. The summed E-state index contributed by atoms with van der Waals surface area (Å²) < 4.78 is 1.96. The van der Waals surface area contributed by atoms with Crippen LogP contribution < -0.4 is 10.2 Å². The first-order chi connectivity index (χ1) is 9.94. The lowest BCUT2D eigenvalue weighted by Gasteiger charge is -2.30. The van der Waals surface area contributed by atoms with Gasteiger partial charge in [-0.3, -0.25) is 0 Å². The Morgan fingerprint density at radius 3 is 2.90 bits per heavy atom. The highest BCUT2D eigenvalue weighted by molar-refractivity contribution is 5.54. The summed E-state index contributed by atoms with van der Waals surface area (Å²) in [6.07, 6.45) is 4.10. The summed E-state index contributed by atoms with van der Waals surface area (Å²) in [5, 5.41) is 8.02. The fraction of sp³-hybridized carbons (Fsp3) is 0.625. The van der Waals surface area contributed by atoms with E-state index in [0.717, 1.165) is 18.7 Å². The van der Waals surface area contributed by atoms with Crippen LogP contribution in [0.3, 0.4) is 0 Å². The second-order valence-electron chi connectivity index (χ2n) is 7.04. The van der Waals surface area contributed by atoms with E-state index in [0.29, 0.717) is 6.04 Å². The Balaban J connectivity index is 1.88. The van der Waals surface area contributed by atoms with Gasteiger partial charge in [-0.15, -0.1) is 0 Å². The Morgan fingerprint density at radius 2 is 2.14 bits per heavy atom. The molecule has 114 valence electrons. The van der Waals surface area contributed by atoms with Gasteiger partial charge in [0.25, 0.3) is 0 Å². The molecule has 5 heteroatoms. The first-order valence-corrected chi connectivity index (χ1v) is 7.76. The van der Waals surface area contributed by atoms with E-state index < -0.39 is 0 Å². The maximum atomic E-state index is 4.39. The molecule has 0 aromatic carbocycles.